The highest BCUT2D eigenvalue weighted by Gasteiger charge is 2.18. The Labute approximate surface area is 126 Å². The molecule has 0 aliphatic carbocycles. The van der Waals surface area contributed by atoms with Crippen LogP contribution < -0.4 is 5.32 Å². The maximum absolute atomic E-state index is 4.77. The van der Waals surface area contributed by atoms with Gasteiger partial charge in [-0.3, -0.25) is 0 Å². The van der Waals surface area contributed by atoms with Crippen molar-refractivity contribution in [3.05, 3.63) is 72.3 Å². The lowest BCUT2D eigenvalue weighted by Gasteiger charge is -2.24. The van der Waals surface area contributed by atoms with Crippen LogP contribution in [0.3, 0.4) is 0 Å². The minimum absolute atomic E-state index is 0.205. The minimum Gasteiger partial charge on any atom is -0.309 e. The van der Waals surface area contributed by atoms with Gasteiger partial charge in [0.25, 0.3) is 0 Å². The monoisotopic (exact) mass is 281 g/mol. The normalized spacial score (nSPS) is 19.8. The number of nitrogens with one attached hydrogen (secondary N) is 1. The molecule has 0 saturated carbocycles. The van der Waals surface area contributed by atoms with E-state index in [-0.39, 0.29) is 5.25 Å². The van der Waals surface area contributed by atoms with Gasteiger partial charge in [0.05, 0.1) is 0 Å². The van der Waals surface area contributed by atoms with E-state index < -0.39 is 0 Å². The second-order valence-electron chi connectivity index (χ2n) is 5.13. The van der Waals surface area contributed by atoms with Crippen LogP contribution in [0.25, 0.3) is 11.1 Å². The Morgan fingerprint density at radius 2 is 1.65 bits per heavy atom. The van der Waals surface area contributed by atoms with Crippen molar-refractivity contribution < 1.29 is 0 Å². The van der Waals surface area contributed by atoms with Crippen molar-refractivity contribution in [2.45, 2.75) is 17.7 Å². The molecule has 2 aromatic rings. The molecule has 0 radical (unpaired) electrons. The molecule has 2 heteroatoms. The van der Waals surface area contributed by atoms with Crippen molar-refractivity contribution in [1.29, 1.82) is 0 Å². The molecule has 0 fully saturated rings. The van der Waals surface area contributed by atoms with Crippen molar-refractivity contribution in [3.63, 3.8) is 0 Å². The quantitative estimate of drug-likeness (QED) is 0.633. The average Bonchev–Trinajstić information content (AvgIpc) is 2.56. The van der Waals surface area contributed by atoms with E-state index in [1.54, 1.807) is 0 Å². The molecule has 1 N–H and O–H groups in total. The Bertz CT molecular complexity index is 574. The van der Waals surface area contributed by atoms with E-state index in [1.807, 2.05) is 6.07 Å². The topological polar surface area (TPSA) is 12.0 Å². The molecule has 20 heavy (non-hydrogen) atoms. The maximum atomic E-state index is 4.77. The smallest absolute Gasteiger partial charge is 0.0456 e. The van der Waals surface area contributed by atoms with Gasteiger partial charge in [-0.25, -0.2) is 0 Å². The first-order chi connectivity index (χ1) is 9.84. The van der Waals surface area contributed by atoms with Gasteiger partial charge in [-0.2, -0.15) is 12.6 Å². The molecule has 1 heterocycles. The average molecular weight is 281 g/mol. The summed E-state index contributed by atoms with van der Waals surface area (Å²) in [4.78, 5) is 0. The largest absolute Gasteiger partial charge is 0.309 e. The molecule has 0 saturated heterocycles. The third-order valence-corrected chi connectivity index (χ3v) is 4.35. The van der Waals surface area contributed by atoms with Crippen molar-refractivity contribution >= 4 is 12.6 Å². The third kappa shape index (κ3) is 2.97. The molecule has 0 spiro atoms. The van der Waals surface area contributed by atoms with Crippen LogP contribution in [0.1, 0.15) is 17.2 Å². The number of benzene rings is 2. The molecule has 1 nitrogen and oxygen atoms in total. The summed E-state index contributed by atoms with van der Waals surface area (Å²) in [5.74, 6) is 0. The van der Waals surface area contributed by atoms with E-state index in [1.165, 1.54) is 16.7 Å². The first-order valence-corrected chi connectivity index (χ1v) is 7.60. The van der Waals surface area contributed by atoms with Crippen molar-refractivity contribution in [1.82, 2.24) is 5.32 Å². The van der Waals surface area contributed by atoms with Crippen LogP contribution in [-0.4, -0.2) is 12.6 Å². The van der Waals surface area contributed by atoms with E-state index >= 15 is 0 Å². The predicted octanol–water partition coefficient (Wildman–Crippen LogP) is 4.24. The van der Waals surface area contributed by atoms with Gasteiger partial charge in [0, 0.05) is 11.3 Å². The lowest BCUT2D eigenvalue weighted by Crippen LogP contribution is -2.34. The highest BCUT2D eigenvalue weighted by Crippen LogP contribution is 2.28. The standard InChI is InChI=1S/C18H19NS/c20-18(17-8-4-5-13-19-17)16-11-9-15(10-12-16)14-6-2-1-3-7-14/h1-4,6-12,17-20H,5,13H2. The zero-order valence-electron chi connectivity index (χ0n) is 11.4. The van der Waals surface area contributed by atoms with Crippen molar-refractivity contribution in [2.24, 2.45) is 0 Å². The van der Waals surface area contributed by atoms with Gasteiger partial charge < -0.3 is 5.32 Å². The zero-order chi connectivity index (χ0) is 13.8. The fourth-order valence-electron chi connectivity index (χ4n) is 2.57. The minimum atomic E-state index is 0.205. The van der Waals surface area contributed by atoms with E-state index in [4.69, 9.17) is 12.6 Å². The molecule has 2 unspecified atom stereocenters. The van der Waals surface area contributed by atoms with Crippen LogP contribution in [0.15, 0.2) is 66.7 Å². The molecule has 1 aliphatic heterocycles. The lowest BCUT2D eigenvalue weighted by molar-refractivity contribution is 0.567. The Morgan fingerprint density at radius 1 is 0.950 bits per heavy atom. The molecule has 0 aromatic heterocycles. The van der Waals surface area contributed by atoms with Crippen LogP contribution in [0, 0.1) is 0 Å². The van der Waals surface area contributed by atoms with Gasteiger partial charge in [-0.05, 0) is 29.7 Å². The van der Waals surface area contributed by atoms with Crippen LogP contribution in [0.4, 0.5) is 0 Å². The molecule has 102 valence electrons. The van der Waals surface area contributed by atoms with Crippen molar-refractivity contribution in [2.75, 3.05) is 6.54 Å². The number of thiol groups is 1. The molecule has 3 rings (SSSR count). The van der Waals surface area contributed by atoms with Crippen LogP contribution in [0.2, 0.25) is 0 Å². The predicted molar refractivity (Wildman–Crippen MR) is 89.2 cm³/mol. The van der Waals surface area contributed by atoms with E-state index in [9.17, 15) is 0 Å². The van der Waals surface area contributed by atoms with E-state index in [2.05, 4.69) is 66.0 Å². The van der Waals surface area contributed by atoms with E-state index in [0.29, 0.717) is 6.04 Å². The van der Waals surface area contributed by atoms with Gasteiger partial charge in [-0.15, -0.1) is 0 Å². The highest BCUT2D eigenvalue weighted by atomic mass is 32.1. The van der Waals surface area contributed by atoms with Gasteiger partial charge >= 0.3 is 0 Å². The number of hydrogen-bond acceptors (Lipinski definition) is 2. The summed E-state index contributed by atoms with van der Waals surface area (Å²) in [6.45, 7) is 1.04. The van der Waals surface area contributed by atoms with Crippen LogP contribution in [0.5, 0.6) is 0 Å². The van der Waals surface area contributed by atoms with Gasteiger partial charge in [0.15, 0.2) is 0 Å². The van der Waals surface area contributed by atoms with Crippen LogP contribution >= 0.6 is 12.6 Å². The fourth-order valence-corrected chi connectivity index (χ4v) is 2.95. The molecule has 2 atom stereocenters. The van der Waals surface area contributed by atoms with Gasteiger partial charge in [-0.1, -0.05) is 66.7 Å². The molecule has 1 aliphatic rings. The maximum Gasteiger partial charge on any atom is 0.0456 e. The molecular weight excluding hydrogens is 262 g/mol. The number of rotatable bonds is 3. The van der Waals surface area contributed by atoms with Gasteiger partial charge in [0.2, 0.25) is 0 Å². The highest BCUT2D eigenvalue weighted by molar-refractivity contribution is 7.80. The lowest BCUT2D eigenvalue weighted by atomic mass is 9.99. The SMILES string of the molecule is SC(c1ccc(-c2ccccc2)cc1)C1C=CCCN1. The Morgan fingerprint density at radius 3 is 2.30 bits per heavy atom. The third-order valence-electron chi connectivity index (χ3n) is 3.73. The molecule has 0 bridgehead atoms. The summed E-state index contributed by atoms with van der Waals surface area (Å²) in [5, 5.41) is 3.71. The van der Waals surface area contributed by atoms with Crippen molar-refractivity contribution in [3.8, 4) is 11.1 Å². The summed E-state index contributed by atoms with van der Waals surface area (Å²) in [6.07, 6.45) is 5.58. The summed E-state index contributed by atoms with van der Waals surface area (Å²) < 4.78 is 0. The summed E-state index contributed by atoms with van der Waals surface area (Å²) >= 11 is 4.77. The Balaban J connectivity index is 1.79. The van der Waals surface area contributed by atoms with E-state index in [0.717, 1.165) is 13.0 Å². The summed E-state index contributed by atoms with van der Waals surface area (Å²) in [5.41, 5.74) is 3.77. The number of hydrogen-bond donors (Lipinski definition) is 2. The summed E-state index contributed by atoms with van der Waals surface area (Å²) in [6, 6.07) is 19.5. The second kappa shape index (κ2) is 6.29. The molecular formula is C18H19NS. The first kappa shape index (κ1) is 13.5. The fraction of sp³-hybridized carbons (Fsp3) is 0.222. The van der Waals surface area contributed by atoms with Gasteiger partial charge in [0.1, 0.15) is 0 Å². The molecule has 2 aromatic carbocycles. The Kier molecular flexibility index (Phi) is 4.24. The second-order valence-corrected chi connectivity index (χ2v) is 5.69. The Hall–Kier alpha value is -1.51. The zero-order valence-corrected chi connectivity index (χ0v) is 12.3. The first-order valence-electron chi connectivity index (χ1n) is 7.08. The molecule has 0 amide bonds. The summed E-state index contributed by atoms with van der Waals surface area (Å²) in [7, 11) is 0. The van der Waals surface area contributed by atoms with Crippen LogP contribution in [-0.2, 0) is 0 Å².